The van der Waals surface area contributed by atoms with E-state index in [0.29, 0.717) is 6.20 Å². The highest BCUT2D eigenvalue weighted by molar-refractivity contribution is 5.52. The molecule has 1 aliphatic rings. The molecule has 0 N–H and O–H groups in total. The van der Waals surface area contributed by atoms with Gasteiger partial charge >= 0.3 is 12.1 Å². The average molecular weight is 398 g/mol. The fourth-order valence-electron chi connectivity index (χ4n) is 2.88. The average Bonchev–Trinajstić information content (AvgIpc) is 2.79. The summed E-state index contributed by atoms with van der Waals surface area (Å²) in [7, 11) is 0. The van der Waals surface area contributed by atoms with Crippen molar-refractivity contribution in [3.05, 3.63) is 47.3 Å². The first-order valence-corrected chi connectivity index (χ1v) is 7.49. The van der Waals surface area contributed by atoms with Gasteiger partial charge < -0.3 is 4.74 Å². The Hall–Kier alpha value is -2.46. The third-order valence-electron chi connectivity index (χ3n) is 4.17. The van der Waals surface area contributed by atoms with Crippen LogP contribution in [-0.4, -0.2) is 22.3 Å². The molecule has 1 aliphatic carbocycles. The Kier molecular flexibility index (Phi) is 4.51. The molecule has 3 rings (SSSR count). The van der Waals surface area contributed by atoms with E-state index in [1.54, 1.807) is 0 Å². The predicted molar refractivity (Wildman–Crippen MR) is 75.6 cm³/mol. The molecule has 2 heterocycles. The van der Waals surface area contributed by atoms with Crippen LogP contribution in [0.3, 0.4) is 0 Å². The van der Waals surface area contributed by atoms with Gasteiger partial charge in [-0.1, -0.05) is 6.92 Å². The van der Waals surface area contributed by atoms with Crippen molar-refractivity contribution in [3.63, 3.8) is 0 Å². The van der Waals surface area contributed by atoms with Crippen LogP contribution in [0.5, 0.6) is 11.5 Å². The highest BCUT2D eigenvalue weighted by Gasteiger charge is 2.62. The van der Waals surface area contributed by atoms with Crippen LogP contribution in [0, 0.1) is 5.82 Å². The van der Waals surface area contributed by atoms with Crippen LogP contribution < -0.4 is 4.74 Å². The summed E-state index contributed by atoms with van der Waals surface area (Å²) in [5.74, 6) is -8.78. The minimum absolute atomic E-state index is 0.295. The smallest absolute Gasteiger partial charge is 0.454 e. The van der Waals surface area contributed by atoms with Crippen LogP contribution >= 0.6 is 0 Å². The van der Waals surface area contributed by atoms with E-state index in [1.165, 1.54) is 0 Å². The summed E-state index contributed by atoms with van der Waals surface area (Å²) in [6.07, 6.45) is -8.66. The van der Waals surface area contributed by atoms with Gasteiger partial charge in [0.05, 0.1) is 18.6 Å². The van der Waals surface area contributed by atoms with Crippen LogP contribution in [0.2, 0.25) is 0 Å². The van der Waals surface area contributed by atoms with E-state index in [1.807, 2.05) is 0 Å². The summed E-state index contributed by atoms with van der Waals surface area (Å²) < 4.78 is 113. The first-order valence-electron chi connectivity index (χ1n) is 7.49. The number of hydrogen-bond donors (Lipinski definition) is 0. The summed E-state index contributed by atoms with van der Waals surface area (Å²) >= 11 is 0. The second-order valence-corrected chi connectivity index (χ2v) is 5.95. The topological polar surface area (TPSA) is 35.0 Å². The van der Waals surface area contributed by atoms with Crippen LogP contribution in [0.4, 0.5) is 35.1 Å². The lowest BCUT2D eigenvalue weighted by atomic mass is 9.97. The number of ether oxygens (including phenoxy) is 1. The molecule has 11 heteroatoms. The molecule has 27 heavy (non-hydrogen) atoms. The Morgan fingerprint density at radius 2 is 1.67 bits per heavy atom. The summed E-state index contributed by atoms with van der Waals surface area (Å²) in [5, 5.41) is 0. The molecule has 0 bridgehead atoms. The van der Waals surface area contributed by atoms with Gasteiger partial charge in [-0.05, 0) is 5.56 Å². The van der Waals surface area contributed by atoms with E-state index >= 15 is 0 Å². The zero-order chi connectivity index (χ0) is 20.1. The molecule has 3 atom stereocenters. The second-order valence-electron chi connectivity index (χ2n) is 5.95. The maximum atomic E-state index is 14.4. The molecule has 0 saturated carbocycles. The van der Waals surface area contributed by atoms with Gasteiger partial charge in [-0.2, -0.15) is 22.0 Å². The summed E-state index contributed by atoms with van der Waals surface area (Å²) in [4.78, 5) is 6.54. The maximum absolute atomic E-state index is 14.4. The molecule has 0 radical (unpaired) electrons. The van der Waals surface area contributed by atoms with Crippen molar-refractivity contribution in [3.8, 4) is 11.5 Å². The van der Waals surface area contributed by atoms with Crippen LogP contribution in [0.25, 0.3) is 0 Å². The fourth-order valence-corrected chi connectivity index (χ4v) is 2.88. The van der Waals surface area contributed by atoms with Crippen molar-refractivity contribution >= 4 is 0 Å². The van der Waals surface area contributed by atoms with E-state index < -0.39 is 58.7 Å². The Labute approximate surface area is 147 Å². The number of aromatic nitrogens is 2. The molecule has 2 aromatic rings. The number of halogens is 8. The Balaban J connectivity index is 2.17. The quantitative estimate of drug-likeness (QED) is 0.638. The van der Waals surface area contributed by atoms with Crippen molar-refractivity contribution < 1.29 is 39.9 Å². The normalized spacial score (nSPS) is 22.6. The molecule has 0 aliphatic heterocycles. The van der Waals surface area contributed by atoms with Crippen molar-refractivity contribution in [2.24, 2.45) is 0 Å². The zero-order valence-electron chi connectivity index (χ0n) is 13.4. The van der Waals surface area contributed by atoms with Gasteiger partial charge in [0, 0.05) is 17.5 Å². The fraction of sp³-hybridized carbons (Fsp3) is 0.375. The van der Waals surface area contributed by atoms with Gasteiger partial charge in [-0.15, -0.1) is 0 Å². The number of hydrogen-bond acceptors (Lipinski definition) is 3. The highest BCUT2D eigenvalue weighted by atomic mass is 19.4. The lowest BCUT2D eigenvalue weighted by Crippen LogP contribution is -2.36. The van der Waals surface area contributed by atoms with Crippen molar-refractivity contribution in [1.29, 1.82) is 0 Å². The van der Waals surface area contributed by atoms with Gasteiger partial charge in [0.2, 0.25) is 0 Å². The van der Waals surface area contributed by atoms with Gasteiger partial charge in [0.25, 0.3) is 0 Å². The lowest BCUT2D eigenvalue weighted by molar-refractivity contribution is -0.291. The summed E-state index contributed by atoms with van der Waals surface area (Å²) in [6.45, 7) is 0.967. The number of rotatable bonds is 3. The summed E-state index contributed by atoms with van der Waals surface area (Å²) in [5.41, 5.74) is -3.52. The van der Waals surface area contributed by atoms with E-state index in [4.69, 9.17) is 4.74 Å². The number of alkyl halides is 7. The molecular weight excluding hydrogens is 388 g/mol. The van der Waals surface area contributed by atoms with E-state index in [9.17, 15) is 35.1 Å². The molecule has 3 nitrogen and oxygen atoms in total. The minimum atomic E-state index is -6.01. The van der Waals surface area contributed by atoms with Gasteiger partial charge in [-0.25, -0.2) is 13.2 Å². The molecule has 2 aromatic heterocycles. The second kappa shape index (κ2) is 6.31. The van der Waals surface area contributed by atoms with Crippen molar-refractivity contribution in [2.45, 2.75) is 37.3 Å². The molecule has 0 unspecified atom stereocenters. The van der Waals surface area contributed by atoms with Crippen LogP contribution in [0.15, 0.2) is 24.7 Å². The molecule has 0 fully saturated rings. The van der Waals surface area contributed by atoms with Gasteiger partial charge in [0.15, 0.2) is 11.9 Å². The molecule has 0 amide bonds. The van der Waals surface area contributed by atoms with Crippen LogP contribution in [-0.2, 0) is 5.92 Å². The predicted octanol–water partition coefficient (Wildman–Crippen LogP) is 5.53. The maximum Gasteiger partial charge on any atom is 0.459 e. The zero-order valence-corrected chi connectivity index (χ0v) is 13.4. The van der Waals surface area contributed by atoms with Crippen LogP contribution in [0.1, 0.15) is 35.8 Å². The third kappa shape index (κ3) is 3.08. The minimum Gasteiger partial charge on any atom is -0.454 e. The Bertz CT molecular complexity index is 870. The van der Waals surface area contributed by atoms with Crippen molar-refractivity contribution in [1.82, 2.24) is 9.97 Å². The largest absolute Gasteiger partial charge is 0.459 e. The number of fused-ring (bicyclic) bond motifs is 1. The first-order chi connectivity index (χ1) is 12.4. The van der Waals surface area contributed by atoms with Gasteiger partial charge in [-0.3, -0.25) is 9.97 Å². The van der Waals surface area contributed by atoms with Crippen molar-refractivity contribution in [2.75, 3.05) is 0 Å². The molecule has 0 aromatic carbocycles. The monoisotopic (exact) mass is 398 g/mol. The molecule has 0 saturated heterocycles. The van der Waals surface area contributed by atoms with E-state index in [2.05, 4.69) is 9.97 Å². The first kappa shape index (κ1) is 19.3. The van der Waals surface area contributed by atoms with E-state index in [0.717, 1.165) is 25.4 Å². The van der Waals surface area contributed by atoms with Gasteiger partial charge in [0.1, 0.15) is 23.4 Å². The lowest BCUT2D eigenvalue weighted by Gasteiger charge is -2.23. The number of nitrogens with zero attached hydrogens (tertiary/aromatic N) is 2. The Morgan fingerprint density at radius 3 is 2.26 bits per heavy atom. The molecular formula is C16H10F8N2O. The highest BCUT2D eigenvalue weighted by Crippen LogP contribution is 2.54. The summed E-state index contributed by atoms with van der Waals surface area (Å²) in [6, 6.07) is 0.816. The standard InChI is InChI=1S/C16H10F8N2O/c1-6-10-11(13(19)12(6)18)9(27-8-2-7(17)3-25-4-8)5-26-14(10)15(20,21)16(22,23)24/h2-6,12-13H,1H3/t6-,12-,13+/m0/s1. The third-order valence-corrected chi connectivity index (χ3v) is 4.17. The number of pyridine rings is 2. The molecule has 0 spiro atoms. The molecule has 146 valence electrons. The SMILES string of the molecule is C[C@H]1c2c(C(F)(F)C(F)(F)F)ncc(Oc3cncc(F)c3)c2[C@@H](F)[C@H]1F. The van der Waals surface area contributed by atoms with E-state index in [-0.39, 0.29) is 5.75 Å². The Morgan fingerprint density at radius 1 is 1.00 bits per heavy atom.